The summed E-state index contributed by atoms with van der Waals surface area (Å²) in [6.07, 6.45) is 6.27. The minimum absolute atomic E-state index is 0.146. The molecule has 17 heavy (non-hydrogen) atoms. The first-order chi connectivity index (χ1) is 7.94. The molecule has 2 nitrogen and oxygen atoms in total. The molecule has 0 amide bonds. The SMILES string of the molecule is CC(C)CCN(CCCC(C)(C)C#N)C1CC1. The fourth-order valence-corrected chi connectivity index (χ4v) is 2.12. The number of nitriles is 1. The predicted octanol–water partition coefficient (Wildman–Crippen LogP) is 3.83. The highest BCUT2D eigenvalue weighted by Gasteiger charge is 2.28. The average molecular weight is 236 g/mol. The predicted molar refractivity (Wildman–Crippen MR) is 72.7 cm³/mol. The van der Waals surface area contributed by atoms with Crippen LogP contribution in [0.5, 0.6) is 0 Å². The Hall–Kier alpha value is -0.550. The molecule has 1 saturated carbocycles. The van der Waals surface area contributed by atoms with Crippen LogP contribution in [0.1, 0.15) is 59.8 Å². The smallest absolute Gasteiger partial charge is 0.0683 e. The Balaban J connectivity index is 2.23. The minimum atomic E-state index is -0.146. The van der Waals surface area contributed by atoms with Crippen molar-refractivity contribution in [3.05, 3.63) is 0 Å². The Labute approximate surface area is 107 Å². The number of hydrogen-bond donors (Lipinski definition) is 0. The second-order valence-corrected chi connectivity index (χ2v) is 6.55. The molecule has 0 aromatic rings. The lowest BCUT2D eigenvalue weighted by atomic mass is 9.90. The third-order valence-corrected chi connectivity index (χ3v) is 3.61. The zero-order valence-electron chi connectivity index (χ0n) is 12.0. The number of hydrogen-bond acceptors (Lipinski definition) is 2. The summed E-state index contributed by atoms with van der Waals surface area (Å²) in [4.78, 5) is 2.65. The summed E-state index contributed by atoms with van der Waals surface area (Å²) in [5.41, 5.74) is -0.146. The lowest BCUT2D eigenvalue weighted by Crippen LogP contribution is -2.29. The quantitative estimate of drug-likeness (QED) is 0.640. The van der Waals surface area contributed by atoms with Crippen LogP contribution in [0.25, 0.3) is 0 Å². The standard InChI is InChI=1S/C15H28N2/c1-13(2)8-11-17(14-6-7-14)10-5-9-15(3,4)12-16/h13-14H,5-11H2,1-4H3. The van der Waals surface area contributed by atoms with E-state index >= 15 is 0 Å². The van der Waals surface area contributed by atoms with Crippen molar-refractivity contribution in [3.63, 3.8) is 0 Å². The maximum atomic E-state index is 8.99. The molecule has 0 spiro atoms. The van der Waals surface area contributed by atoms with Gasteiger partial charge in [0.15, 0.2) is 0 Å². The van der Waals surface area contributed by atoms with Gasteiger partial charge in [0, 0.05) is 6.04 Å². The lowest BCUT2D eigenvalue weighted by molar-refractivity contribution is 0.233. The number of nitrogens with zero attached hydrogens (tertiary/aromatic N) is 2. The first-order valence-corrected chi connectivity index (χ1v) is 7.10. The molecule has 98 valence electrons. The Morgan fingerprint density at radius 2 is 1.94 bits per heavy atom. The number of rotatable bonds is 8. The van der Waals surface area contributed by atoms with Crippen LogP contribution in [0.4, 0.5) is 0 Å². The first-order valence-electron chi connectivity index (χ1n) is 7.10. The summed E-state index contributed by atoms with van der Waals surface area (Å²) in [6, 6.07) is 3.25. The fraction of sp³-hybridized carbons (Fsp3) is 0.933. The molecule has 0 heterocycles. The van der Waals surface area contributed by atoms with Crippen molar-refractivity contribution < 1.29 is 0 Å². The Bertz CT molecular complexity index is 259. The van der Waals surface area contributed by atoms with Gasteiger partial charge in [-0.3, -0.25) is 0 Å². The van der Waals surface area contributed by atoms with Gasteiger partial charge in [-0.15, -0.1) is 0 Å². The van der Waals surface area contributed by atoms with E-state index in [-0.39, 0.29) is 5.41 Å². The monoisotopic (exact) mass is 236 g/mol. The molecule has 1 rings (SSSR count). The van der Waals surface area contributed by atoms with E-state index in [4.69, 9.17) is 5.26 Å². The van der Waals surface area contributed by atoms with Crippen LogP contribution in [-0.2, 0) is 0 Å². The molecule has 1 aliphatic rings. The zero-order valence-corrected chi connectivity index (χ0v) is 12.0. The van der Waals surface area contributed by atoms with Gasteiger partial charge in [0.05, 0.1) is 11.5 Å². The molecule has 0 radical (unpaired) electrons. The van der Waals surface area contributed by atoms with Crippen molar-refractivity contribution in [1.82, 2.24) is 4.90 Å². The van der Waals surface area contributed by atoms with E-state index in [0.29, 0.717) is 0 Å². The molecule has 0 aromatic carbocycles. The highest BCUT2D eigenvalue weighted by molar-refractivity contribution is 4.92. The molecule has 0 bridgehead atoms. The maximum absolute atomic E-state index is 8.99. The molecular weight excluding hydrogens is 208 g/mol. The molecule has 1 fully saturated rings. The van der Waals surface area contributed by atoms with Crippen molar-refractivity contribution in [2.75, 3.05) is 13.1 Å². The van der Waals surface area contributed by atoms with Crippen LogP contribution in [0.2, 0.25) is 0 Å². The Morgan fingerprint density at radius 1 is 1.29 bits per heavy atom. The van der Waals surface area contributed by atoms with Crippen molar-refractivity contribution in [2.45, 2.75) is 65.8 Å². The van der Waals surface area contributed by atoms with Gasteiger partial charge < -0.3 is 4.90 Å². The summed E-state index contributed by atoms with van der Waals surface area (Å²) in [5.74, 6) is 0.798. The molecular formula is C15H28N2. The highest BCUT2D eigenvalue weighted by atomic mass is 15.2. The third-order valence-electron chi connectivity index (χ3n) is 3.61. The minimum Gasteiger partial charge on any atom is -0.300 e. The third kappa shape index (κ3) is 6.07. The highest BCUT2D eigenvalue weighted by Crippen LogP contribution is 2.29. The largest absolute Gasteiger partial charge is 0.300 e. The van der Waals surface area contributed by atoms with E-state index in [1.807, 2.05) is 13.8 Å². The average Bonchev–Trinajstić information content (AvgIpc) is 3.06. The van der Waals surface area contributed by atoms with E-state index in [0.717, 1.165) is 24.8 Å². The van der Waals surface area contributed by atoms with Crippen molar-refractivity contribution in [1.29, 1.82) is 5.26 Å². The van der Waals surface area contributed by atoms with Crippen LogP contribution in [-0.4, -0.2) is 24.0 Å². The maximum Gasteiger partial charge on any atom is 0.0683 e. The molecule has 0 N–H and O–H groups in total. The summed E-state index contributed by atoms with van der Waals surface area (Å²) in [5, 5.41) is 8.99. The molecule has 1 aliphatic carbocycles. The van der Waals surface area contributed by atoms with Crippen LogP contribution in [0, 0.1) is 22.7 Å². The van der Waals surface area contributed by atoms with E-state index in [9.17, 15) is 0 Å². The molecule has 0 unspecified atom stereocenters. The van der Waals surface area contributed by atoms with Gasteiger partial charge >= 0.3 is 0 Å². The molecule has 0 atom stereocenters. The second-order valence-electron chi connectivity index (χ2n) is 6.55. The van der Waals surface area contributed by atoms with E-state index < -0.39 is 0 Å². The fourth-order valence-electron chi connectivity index (χ4n) is 2.12. The van der Waals surface area contributed by atoms with Crippen molar-refractivity contribution in [2.24, 2.45) is 11.3 Å². The van der Waals surface area contributed by atoms with Gasteiger partial charge in [-0.05, 0) is 65.0 Å². The molecule has 0 aromatic heterocycles. The van der Waals surface area contributed by atoms with E-state index in [1.165, 1.54) is 32.4 Å². The van der Waals surface area contributed by atoms with Crippen LogP contribution in [0.3, 0.4) is 0 Å². The van der Waals surface area contributed by atoms with Crippen LogP contribution >= 0.6 is 0 Å². The van der Waals surface area contributed by atoms with Crippen molar-refractivity contribution >= 4 is 0 Å². The van der Waals surface area contributed by atoms with E-state index in [2.05, 4.69) is 24.8 Å². The lowest BCUT2D eigenvalue weighted by Gasteiger charge is -2.24. The molecule has 0 aliphatic heterocycles. The normalized spacial score (nSPS) is 16.5. The van der Waals surface area contributed by atoms with Gasteiger partial charge in [0.2, 0.25) is 0 Å². The topological polar surface area (TPSA) is 27.0 Å². The molecule has 0 saturated heterocycles. The van der Waals surface area contributed by atoms with Crippen molar-refractivity contribution in [3.8, 4) is 6.07 Å². The zero-order chi connectivity index (χ0) is 12.9. The summed E-state index contributed by atoms with van der Waals surface area (Å²) < 4.78 is 0. The summed E-state index contributed by atoms with van der Waals surface area (Å²) in [7, 11) is 0. The van der Waals surface area contributed by atoms with Crippen LogP contribution < -0.4 is 0 Å². The Morgan fingerprint density at radius 3 is 2.41 bits per heavy atom. The molecule has 2 heteroatoms. The summed E-state index contributed by atoms with van der Waals surface area (Å²) in [6.45, 7) is 11.1. The van der Waals surface area contributed by atoms with Gasteiger partial charge in [0.25, 0.3) is 0 Å². The van der Waals surface area contributed by atoms with E-state index in [1.54, 1.807) is 0 Å². The van der Waals surface area contributed by atoms with Gasteiger partial charge in [-0.2, -0.15) is 5.26 Å². The van der Waals surface area contributed by atoms with Gasteiger partial charge in [0.1, 0.15) is 0 Å². The Kier molecular flexibility index (Phi) is 5.46. The first kappa shape index (κ1) is 14.5. The van der Waals surface area contributed by atoms with Crippen LogP contribution in [0.15, 0.2) is 0 Å². The summed E-state index contributed by atoms with van der Waals surface area (Å²) >= 11 is 0. The van der Waals surface area contributed by atoms with Gasteiger partial charge in [-0.1, -0.05) is 13.8 Å². The second kappa shape index (κ2) is 6.40. The van der Waals surface area contributed by atoms with Gasteiger partial charge in [-0.25, -0.2) is 0 Å².